The van der Waals surface area contributed by atoms with E-state index in [1.165, 1.54) is 32.1 Å². The van der Waals surface area contributed by atoms with Crippen molar-refractivity contribution in [3.8, 4) is 0 Å². The molecule has 0 heterocycles. The Labute approximate surface area is 86.3 Å². The molecule has 0 amide bonds. The fourth-order valence-corrected chi connectivity index (χ4v) is 4.67. The molecule has 3 aliphatic carbocycles. The Morgan fingerprint density at radius 1 is 1.00 bits per heavy atom. The number of hydrogen-bond donors (Lipinski definition) is 0. The lowest BCUT2D eigenvalue weighted by Gasteiger charge is -2.23. The molecule has 3 fully saturated rings. The normalized spacial score (nSPS) is 49.6. The molecule has 14 heavy (non-hydrogen) atoms. The van der Waals surface area contributed by atoms with E-state index >= 15 is 0 Å². The monoisotopic (exact) mass is 192 g/mol. The van der Waals surface area contributed by atoms with Crippen LogP contribution in [0, 0.1) is 29.6 Å². The molecule has 3 unspecified atom stereocenters. The summed E-state index contributed by atoms with van der Waals surface area (Å²) in [4.78, 5) is 10.3. The summed E-state index contributed by atoms with van der Waals surface area (Å²) in [6.07, 6.45) is 10.6. The zero-order valence-corrected chi connectivity index (χ0v) is 8.82. The van der Waals surface area contributed by atoms with Gasteiger partial charge in [0.15, 0.2) is 0 Å². The van der Waals surface area contributed by atoms with Crippen LogP contribution >= 0.6 is 0 Å². The van der Waals surface area contributed by atoms with E-state index in [1.807, 2.05) is 0 Å². The van der Waals surface area contributed by atoms with E-state index < -0.39 is 0 Å². The van der Waals surface area contributed by atoms with Gasteiger partial charge in [-0.15, -0.1) is 0 Å². The predicted octanol–water partition coefficient (Wildman–Crippen LogP) is 3.04. The van der Waals surface area contributed by atoms with Crippen LogP contribution in [0.25, 0.3) is 0 Å². The standard InChI is InChI=1S/C13H20O/c14-5-1-2-9-6-12-10-3-4-11(8-10)13(12)7-9/h5,9-13H,1-4,6-8H2/t9?,10?,11?,12-,13+. The summed E-state index contributed by atoms with van der Waals surface area (Å²) in [5, 5.41) is 0. The summed E-state index contributed by atoms with van der Waals surface area (Å²) in [6.45, 7) is 0. The molecule has 1 nitrogen and oxygen atoms in total. The third kappa shape index (κ3) is 1.24. The minimum absolute atomic E-state index is 0.805. The summed E-state index contributed by atoms with van der Waals surface area (Å²) < 4.78 is 0. The van der Waals surface area contributed by atoms with Crippen molar-refractivity contribution in [2.45, 2.75) is 44.9 Å². The van der Waals surface area contributed by atoms with Crippen molar-refractivity contribution in [2.75, 3.05) is 0 Å². The van der Waals surface area contributed by atoms with Crippen LogP contribution in [0.5, 0.6) is 0 Å². The minimum atomic E-state index is 0.805. The second-order valence-electron chi connectivity index (χ2n) is 5.74. The van der Waals surface area contributed by atoms with Gasteiger partial charge < -0.3 is 4.79 Å². The van der Waals surface area contributed by atoms with E-state index in [2.05, 4.69) is 0 Å². The molecule has 0 aliphatic heterocycles. The molecule has 0 saturated heterocycles. The van der Waals surface area contributed by atoms with Crippen molar-refractivity contribution in [3.63, 3.8) is 0 Å². The van der Waals surface area contributed by atoms with Crippen molar-refractivity contribution >= 4 is 6.29 Å². The molecule has 3 rings (SSSR count). The molecule has 0 N–H and O–H groups in total. The van der Waals surface area contributed by atoms with Crippen LogP contribution in [0.15, 0.2) is 0 Å². The Morgan fingerprint density at radius 2 is 1.64 bits per heavy atom. The number of hydrogen-bond acceptors (Lipinski definition) is 1. The average Bonchev–Trinajstić information content (AvgIpc) is 2.85. The SMILES string of the molecule is O=CCCC1C[C@@H]2C3CCC(C3)[C@@H]2C1. The number of carbonyl (C=O) groups excluding carboxylic acids is 1. The topological polar surface area (TPSA) is 17.1 Å². The Bertz CT molecular complexity index is 217. The molecule has 3 saturated carbocycles. The summed E-state index contributed by atoms with van der Waals surface area (Å²) in [7, 11) is 0. The van der Waals surface area contributed by atoms with Crippen molar-refractivity contribution in [1.29, 1.82) is 0 Å². The maximum atomic E-state index is 10.3. The Balaban J connectivity index is 1.62. The van der Waals surface area contributed by atoms with Crippen LogP contribution in [0.3, 0.4) is 0 Å². The number of rotatable bonds is 3. The van der Waals surface area contributed by atoms with Crippen molar-refractivity contribution < 1.29 is 4.79 Å². The number of fused-ring (bicyclic) bond motifs is 5. The lowest BCUT2D eigenvalue weighted by molar-refractivity contribution is -0.108. The van der Waals surface area contributed by atoms with Gasteiger partial charge in [0.05, 0.1) is 0 Å². The van der Waals surface area contributed by atoms with Gasteiger partial charge in [0.1, 0.15) is 6.29 Å². The van der Waals surface area contributed by atoms with Crippen LogP contribution in [-0.2, 0) is 4.79 Å². The maximum Gasteiger partial charge on any atom is 0.120 e. The van der Waals surface area contributed by atoms with Gasteiger partial charge in [0.2, 0.25) is 0 Å². The predicted molar refractivity (Wildman–Crippen MR) is 55.8 cm³/mol. The first kappa shape index (κ1) is 8.94. The highest BCUT2D eigenvalue weighted by Gasteiger charge is 2.51. The quantitative estimate of drug-likeness (QED) is 0.628. The highest BCUT2D eigenvalue weighted by molar-refractivity contribution is 5.49. The van der Waals surface area contributed by atoms with E-state index in [0.29, 0.717) is 0 Å². The van der Waals surface area contributed by atoms with Gasteiger partial charge in [0.25, 0.3) is 0 Å². The highest BCUT2D eigenvalue weighted by atomic mass is 16.1. The highest BCUT2D eigenvalue weighted by Crippen LogP contribution is 2.60. The molecule has 5 atom stereocenters. The molecule has 0 aromatic rings. The molecule has 0 spiro atoms. The van der Waals surface area contributed by atoms with Gasteiger partial charge in [-0.3, -0.25) is 0 Å². The fraction of sp³-hybridized carbons (Fsp3) is 0.923. The van der Waals surface area contributed by atoms with Gasteiger partial charge in [-0.25, -0.2) is 0 Å². The molecule has 0 radical (unpaired) electrons. The van der Waals surface area contributed by atoms with Gasteiger partial charge >= 0.3 is 0 Å². The minimum Gasteiger partial charge on any atom is -0.303 e. The molecule has 78 valence electrons. The Hall–Kier alpha value is -0.330. The lowest BCUT2D eigenvalue weighted by Crippen LogP contribution is -2.15. The molecule has 0 aromatic carbocycles. The Morgan fingerprint density at radius 3 is 2.21 bits per heavy atom. The summed E-state index contributed by atoms with van der Waals surface area (Å²) in [6, 6.07) is 0. The molecular weight excluding hydrogens is 172 g/mol. The molecule has 0 aromatic heterocycles. The van der Waals surface area contributed by atoms with E-state index in [0.717, 1.165) is 42.3 Å². The van der Waals surface area contributed by atoms with Gasteiger partial charge in [-0.1, -0.05) is 0 Å². The van der Waals surface area contributed by atoms with Crippen molar-refractivity contribution in [2.24, 2.45) is 29.6 Å². The van der Waals surface area contributed by atoms with Crippen LogP contribution in [-0.4, -0.2) is 6.29 Å². The smallest absolute Gasteiger partial charge is 0.120 e. The molecule has 3 aliphatic rings. The van der Waals surface area contributed by atoms with Crippen LogP contribution < -0.4 is 0 Å². The third-order valence-corrected chi connectivity index (χ3v) is 5.18. The summed E-state index contributed by atoms with van der Waals surface area (Å²) in [5.41, 5.74) is 0. The zero-order valence-electron chi connectivity index (χ0n) is 8.82. The number of aldehydes is 1. The van der Waals surface area contributed by atoms with E-state index in [-0.39, 0.29) is 0 Å². The summed E-state index contributed by atoms with van der Waals surface area (Å²) >= 11 is 0. The van der Waals surface area contributed by atoms with Gasteiger partial charge in [0, 0.05) is 6.42 Å². The first-order valence-electron chi connectivity index (χ1n) is 6.32. The largest absolute Gasteiger partial charge is 0.303 e. The molecule has 1 heteroatoms. The first-order valence-corrected chi connectivity index (χ1v) is 6.32. The second-order valence-corrected chi connectivity index (χ2v) is 5.74. The van der Waals surface area contributed by atoms with E-state index in [1.54, 1.807) is 6.42 Å². The number of carbonyl (C=O) groups is 1. The van der Waals surface area contributed by atoms with Gasteiger partial charge in [-0.05, 0) is 68.1 Å². The third-order valence-electron chi connectivity index (χ3n) is 5.18. The maximum absolute atomic E-state index is 10.3. The second kappa shape index (κ2) is 3.36. The van der Waals surface area contributed by atoms with E-state index in [4.69, 9.17) is 0 Å². The van der Waals surface area contributed by atoms with Crippen LogP contribution in [0.1, 0.15) is 44.9 Å². The fourth-order valence-electron chi connectivity index (χ4n) is 4.67. The molecule has 2 bridgehead atoms. The summed E-state index contributed by atoms with van der Waals surface area (Å²) in [5.74, 6) is 5.23. The van der Waals surface area contributed by atoms with Crippen molar-refractivity contribution in [3.05, 3.63) is 0 Å². The van der Waals surface area contributed by atoms with Gasteiger partial charge in [-0.2, -0.15) is 0 Å². The Kier molecular flexibility index (Phi) is 2.14. The van der Waals surface area contributed by atoms with Crippen LogP contribution in [0.4, 0.5) is 0 Å². The molecular formula is C13H20O. The van der Waals surface area contributed by atoms with E-state index in [9.17, 15) is 4.79 Å². The van der Waals surface area contributed by atoms with Crippen molar-refractivity contribution in [1.82, 2.24) is 0 Å². The zero-order chi connectivity index (χ0) is 9.54. The first-order chi connectivity index (χ1) is 6.88. The van der Waals surface area contributed by atoms with Crippen LogP contribution in [0.2, 0.25) is 0 Å². The average molecular weight is 192 g/mol. The lowest BCUT2D eigenvalue weighted by atomic mass is 9.82.